The van der Waals surface area contributed by atoms with Gasteiger partial charge in [-0.15, -0.1) is 0 Å². The van der Waals surface area contributed by atoms with Crippen molar-refractivity contribution in [3.05, 3.63) is 47.4 Å². The molecule has 0 radical (unpaired) electrons. The van der Waals surface area contributed by atoms with E-state index in [2.05, 4.69) is 15.5 Å². The second-order valence-corrected chi connectivity index (χ2v) is 3.84. The number of halogens is 1. The Bertz CT molecular complexity index is 553. The summed E-state index contributed by atoms with van der Waals surface area (Å²) >= 11 is 0. The standard InChI is InChI=1S/C12H13FN4O/c13-9-3-1-2-8(6-9)4-5-15-12(18)10-7-11(14)17-16-10/h1-3,6-7H,4-5H2,(H,15,18)(H3,14,16,17). The molecule has 1 aromatic carbocycles. The number of rotatable bonds is 4. The number of aromatic amines is 1. The van der Waals surface area contributed by atoms with E-state index < -0.39 is 0 Å². The third-order valence-electron chi connectivity index (χ3n) is 2.43. The first kappa shape index (κ1) is 12.1. The highest BCUT2D eigenvalue weighted by Gasteiger charge is 2.07. The van der Waals surface area contributed by atoms with Crippen molar-refractivity contribution in [1.82, 2.24) is 15.5 Å². The van der Waals surface area contributed by atoms with E-state index in [0.717, 1.165) is 5.56 Å². The maximum Gasteiger partial charge on any atom is 0.269 e. The Morgan fingerprint density at radius 2 is 2.28 bits per heavy atom. The third-order valence-corrected chi connectivity index (χ3v) is 2.43. The predicted octanol–water partition coefficient (Wildman–Crippen LogP) is 1.10. The fourth-order valence-corrected chi connectivity index (χ4v) is 1.56. The summed E-state index contributed by atoms with van der Waals surface area (Å²) < 4.78 is 12.9. The topological polar surface area (TPSA) is 83.8 Å². The van der Waals surface area contributed by atoms with Gasteiger partial charge >= 0.3 is 0 Å². The highest BCUT2D eigenvalue weighted by Crippen LogP contribution is 2.04. The van der Waals surface area contributed by atoms with Crippen molar-refractivity contribution in [2.75, 3.05) is 12.3 Å². The Kier molecular flexibility index (Phi) is 3.57. The number of aromatic nitrogens is 2. The molecular weight excluding hydrogens is 235 g/mol. The van der Waals surface area contributed by atoms with Crippen LogP contribution >= 0.6 is 0 Å². The lowest BCUT2D eigenvalue weighted by atomic mass is 10.1. The minimum Gasteiger partial charge on any atom is -0.382 e. The van der Waals surface area contributed by atoms with Crippen molar-refractivity contribution in [2.24, 2.45) is 0 Å². The van der Waals surface area contributed by atoms with Gasteiger partial charge in [0.05, 0.1) is 0 Å². The lowest BCUT2D eigenvalue weighted by Gasteiger charge is -2.03. The van der Waals surface area contributed by atoms with Gasteiger partial charge in [-0.05, 0) is 24.1 Å². The fraction of sp³-hybridized carbons (Fsp3) is 0.167. The van der Waals surface area contributed by atoms with Crippen molar-refractivity contribution in [3.63, 3.8) is 0 Å². The van der Waals surface area contributed by atoms with Crippen molar-refractivity contribution < 1.29 is 9.18 Å². The van der Waals surface area contributed by atoms with Crippen LogP contribution in [0.2, 0.25) is 0 Å². The summed E-state index contributed by atoms with van der Waals surface area (Å²) in [5.74, 6) is -0.291. The van der Waals surface area contributed by atoms with Crippen LogP contribution in [0.5, 0.6) is 0 Å². The number of nitrogens with two attached hydrogens (primary N) is 1. The number of nitrogens with one attached hydrogen (secondary N) is 2. The second kappa shape index (κ2) is 5.31. The van der Waals surface area contributed by atoms with Crippen LogP contribution in [0.15, 0.2) is 30.3 Å². The van der Waals surface area contributed by atoms with Gasteiger partial charge in [0, 0.05) is 12.6 Å². The van der Waals surface area contributed by atoms with Gasteiger partial charge in [0.25, 0.3) is 5.91 Å². The molecule has 0 saturated carbocycles. The Morgan fingerprint density at radius 1 is 1.44 bits per heavy atom. The van der Waals surface area contributed by atoms with E-state index in [4.69, 9.17) is 5.73 Å². The molecule has 2 rings (SSSR count). The number of benzene rings is 1. The van der Waals surface area contributed by atoms with Crippen LogP contribution in [-0.2, 0) is 6.42 Å². The molecule has 1 amide bonds. The van der Waals surface area contributed by atoms with Crippen molar-refractivity contribution in [2.45, 2.75) is 6.42 Å². The van der Waals surface area contributed by atoms with Gasteiger partial charge in [-0.1, -0.05) is 12.1 Å². The van der Waals surface area contributed by atoms with Gasteiger partial charge in [0.2, 0.25) is 0 Å². The largest absolute Gasteiger partial charge is 0.382 e. The molecule has 0 saturated heterocycles. The summed E-state index contributed by atoms with van der Waals surface area (Å²) in [4.78, 5) is 11.6. The number of amides is 1. The Morgan fingerprint density at radius 3 is 2.94 bits per heavy atom. The summed E-state index contributed by atoms with van der Waals surface area (Å²) in [6.45, 7) is 0.418. The minimum absolute atomic E-state index is 0.269. The average molecular weight is 248 g/mol. The number of H-pyrrole nitrogens is 1. The summed E-state index contributed by atoms with van der Waals surface area (Å²) in [5.41, 5.74) is 6.53. The average Bonchev–Trinajstić information content (AvgIpc) is 2.76. The van der Waals surface area contributed by atoms with Crippen LogP contribution < -0.4 is 11.1 Å². The molecule has 0 aliphatic rings. The minimum atomic E-state index is -0.282. The molecule has 4 N–H and O–H groups in total. The van der Waals surface area contributed by atoms with E-state index in [0.29, 0.717) is 18.7 Å². The monoisotopic (exact) mass is 248 g/mol. The van der Waals surface area contributed by atoms with Crippen LogP contribution in [0.1, 0.15) is 16.1 Å². The van der Waals surface area contributed by atoms with Crippen LogP contribution in [-0.4, -0.2) is 22.6 Å². The number of hydrogen-bond donors (Lipinski definition) is 3. The fourth-order valence-electron chi connectivity index (χ4n) is 1.56. The maximum absolute atomic E-state index is 12.9. The van der Waals surface area contributed by atoms with Crippen molar-refractivity contribution in [1.29, 1.82) is 0 Å². The van der Waals surface area contributed by atoms with Gasteiger partial charge in [-0.2, -0.15) is 5.10 Å². The Hall–Kier alpha value is -2.37. The quantitative estimate of drug-likeness (QED) is 0.757. The highest BCUT2D eigenvalue weighted by atomic mass is 19.1. The molecule has 2 aromatic rings. The molecule has 0 spiro atoms. The van der Waals surface area contributed by atoms with Gasteiger partial charge in [-0.25, -0.2) is 4.39 Å². The van der Waals surface area contributed by atoms with E-state index in [1.807, 2.05) is 6.07 Å². The SMILES string of the molecule is Nc1cc(C(=O)NCCc2cccc(F)c2)[nH]n1. The molecule has 6 heteroatoms. The first-order valence-corrected chi connectivity index (χ1v) is 5.48. The normalized spacial score (nSPS) is 10.3. The summed E-state index contributed by atoms with van der Waals surface area (Å²) in [6, 6.07) is 7.73. The van der Waals surface area contributed by atoms with Crippen molar-refractivity contribution >= 4 is 11.7 Å². The molecule has 0 fully saturated rings. The molecule has 5 nitrogen and oxygen atoms in total. The zero-order valence-corrected chi connectivity index (χ0v) is 9.61. The van der Waals surface area contributed by atoms with Crippen LogP contribution in [0.25, 0.3) is 0 Å². The highest BCUT2D eigenvalue weighted by molar-refractivity contribution is 5.92. The number of carbonyl (C=O) groups excluding carboxylic acids is 1. The second-order valence-electron chi connectivity index (χ2n) is 3.84. The number of hydrogen-bond acceptors (Lipinski definition) is 3. The smallest absolute Gasteiger partial charge is 0.269 e. The van der Waals surface area contributed by atoms with E-state index in [1.165, 1.54) is 18.2 Å². The number of anilines is 1. The van der Waals surface area contributed by atoms with E-state index in [9.17, 15) is 9.18 Å². The van der Waals surface area contributed by atoms with Gasteiger partial charge < -0.3 is 11.1 Å². The molecule has 18 heavy (non-hydrogen) atoms. The molecule has 1 heterocycles. The van der Waals surface area contributed by atoms with E-state index >= 15 is 0 Å². The maximum atomic E-state index is 12.9. The Balaban J connectivity index is 1.84. The van der Waals surface area contributed by atoms with E-state index in [1.54, 1.807) is 6.07 Å². The van der Waals surface area contributed by atoms with E-state index in [-0.39, 0.29) is 17.5 Å². The molecule has 0 atom stereocenters. The number of carbonyl (C=O) groups is 1. The molecule has 0 unspecified atom stereocenters. The number of nitrogen functional groups attached to an aromatic ring is 1. The Labute approximate surface area is 103 Å². The molecule has 1 aromatic heterocycles. The lowest BCUT2D eigenvalue weighted by molar-refractivity contribution is 0.0949. The zero-order valence-electron chi connectivity index (χ0n) is 9.61. The molecule has 94 valence electrons. The molecule has 0 aliphatic heterocycles. The molecule has 0 bridgehead atoms. The first-order chi connectivity index (χ1) is 8.65. The van der Waals surface area contributed by atoms with Gasteiger partial charge in [-0.3, -0.25) is 9.89 Å². The predicted molar refractivity (Wildman–Crippen MR) is 65.4 cm³/mol. The van der Waals surface area contributed by atoms with Crippen LogP contribution in [0.4, 0.5) is 10.2 Å². The summed E-state index contributed by atoms with van der Waals surface area (Å²) in [6.07, 6.45) is 0.563. The lowest BCUT2D eigenvalue weighted by Crippen LogP contribution is -2.26. The zero-order chi connectivity index (χ0) is 13.0. The van der Waals surface area contributed by atoms with Crippen LogP contribution in [0.3, 0.4) is 0 Å². The summed E-state index contributed by atoms with van der Waals surface area (Å²) in [7, 11) is 0. The van der Waals surface area contributed by atoms with Gasteiger partial charge in [0.15, 0.2) is 0 Å². The summed E-state index contributed by atoms with van der Waals surface area (Å²) in [5, 5.41) is 8.87. The van der Waals surface area contributed by atoms with Crippen molar-refractivity contribution in [3.8, 4) is 0 Å². The molecule has 0 aliphatic carbocycles. The number of nitrogens with zero attached hydrogens (tertiary/aromatic N) is 1. The third kappa shape index (κ3) is 3.07. The first-order valence-electron chi connectivity index (χ1n) is 5.48. The molecular formula is C12H13FN4O. The van der Waals surface area contributed by atoms with Crippen LogP contribution in [0, 0.1) is 5.82 Å². The van der Waals surface area contributed by atoms with Gasteiger partial charge in [0.1, 0.15) is 17.3 Å².